The molecule has 0 aliphatic heterocycles. The van der Waals surface area contributed by atoms with Gasteiger partial charge in [0.05, 0.1) is 5.60 Å². The maximum atomic E-state index is 13.5. The Balaban J connectivity index is 2.08. The summed E-state index contributed by atoms with van der Waals surface area (Å²) in [5.41, 5.74) is -0.598. The van der Waals surface area contributed by atoms with Crippen LogP contribution >= 0.6 is 0 Å². The van der Waals surface area contributed by atoms with Crippen molar-refractivity contribution in [2.24, 2.45) is 5.92 Å². The van der Waals surface area contributed by atoms with Crippen LogP contribution in [0.3, 0.4) is 0 Å². The zero-order valence-electron chi connectivity index (χ0n) is 9.04. The fourth-order valence-corrected chi connectivity index (χ4v) is 1.92. The van der Waals surface area contributed by atoms with E-state index in [1.54, 1.807) is 25.1 Å². The first-order valence-electron chi connectivity index (χ1n) is 5.57. The van der Waals surface area contributed by atoms with Crippen LogP contribution in [0.15, 0.2) is 24.3 Å². The number of aliphatic hydroxyl groups is 1. The summed E-state index contributed by atoms with van der Waals surface area (Å²) >= 11 is 0. The average molecular weight is 208 g/mol. The average Bonchev–Trinajstić information content (AvgIpc) is 2.99. The van der Waals surface area contributed by atoms with Gasteiger partial charge in [-0.25, -0.2) is 4.39 Å². The minimum absolute atomic E-state index is 0.307. The Morgan fingerprint density at radius 2 is 2.07 bits per heavy atom. The van der Waals surface area contributed by atoms with Crippen molar-refractivity contribution < 1.29 is 9.50 Å². The molecule has 0 aromatic heterocycles. The Hall–Kier alpha value is -0.890. The van der Waals surface area contributed by atoms with Crippen molar-refractivity contribution in [3.8, 4) is 0 Å². The zero-order chi connectivity index (χ0) is 10.9. The van der Waals surface area contributed by atoms with Crippen LogP contribution in [-0.2, 0) is 5.60 Å². The monoisotopic (exact) mass is 208 g/mol. The molecule has 1 aliphatic carbocycles. The van der Waals surface area contributed by atoms with Gasteiger partial charge in [0.1, 0.15) is 5.82 Å². The molecule has 1 N–H and O–H groups in total. The smallest absolute Gasteiger partial charge is 0.129 e. The molecule has 15 heavy (non-hydrogen) atoms. The molecule has 0 spiro atoms. The van der Waals surface area contributed by atoms with Crippen molar-refractivity contribution in [1.29, 1.82) is 0 Å². The highest BCUT2D eigenvalue weighted by Gasteiger charge is 2.30. The number of hydrogen-bond acceptors (Lipinski definition) is 1. The number of rotatable bonds is 4. The van der Waals surface area contributed by atoms with Gasteiger partial charge in [-0.05, 0) is 31.7 Å². The molecule has 1 unspecified atom stereocenters. The lowest BCUT2D eigenvalue weighted by Gasteiger charge is -2.24. The van der Waals surface area contributed by atoms with Crippen molar-refractivity contribution in [2.45, 2.75) is 38.2 Å². The highest BCUT2D eigenvalue weighted by atomic mass is 19.1. The molecule has 1 aromatic carbocycles. The Labute approximate surface area is 89.9 Å². The molecule has 2 rings (SSSR count). The SMILES string of the molecule is CC(O)(CCC1CC1)c1ccccc1F. The topological polar surface area (TPSA) is 20.2 Å². The first kappa shape index (κ1) is 10.6. The van der Waals surface area contributed by atoms with E-state index in [0.717, 1.165) is 12.3 Å². The quantitative estimate of drug-likeness (QED) is 0.805. The second-order valence-electron chi connectivity index (χ2n) is 4.74. The predicted octanol–water partition coefficient (Wildman–Crippen LogP) is 3.22. The van der Waals surface area contributed by atoms with Crippen LogP contribution in [0, 0.1) is 11.7 Å². The molecule has 0 amide bonds. The molecule has 1 saturated carbocycles. The van der Waals surface area contributed by atoms with Gasteiger partial charge in [-0.2, -0.15) is 0 Å². The van der Waals surface area contributed by atoms with Gasteiger partial charge < -0.3 is 5.11 Å². The minimum atomic E-state index is -1.02. The molecule has 0 heterocycles. The Morgan fingerprint density at radius 3 is 2.67 bits per heavy atom. The summed E-state index contributed by atoms with van der Waals surface area (Å²) in [5, 5.41) is 10.2. The third-order valence-electron chi connectivity index (χ3n) is 3.19. The largest absolute Gasteiger partial charge is 0.385 e. The summed E-state index contributed by atoms with van der Waals surface area (Å²) in [7, 11) is 0. The van der Waals surface area contributed by atoms with Gasteiger partial charge in [-0.1, -0.05) is 31.0 Å². The second kappa shape index (κ2) is 3.93. The lowest BCUT2D eigenvalue weighted by Crippen LogP contribution is -2.22. The Kier molecular flexibility index (Phi) is 2.79. The molecule has 1 atom stereocenters. The summed E-state index contributed by atoms with van der Waals surface area (Å²) < 4.78 is 13.5. The molecular weight excluding hydrogens is 191 g/mol. The van der Waals surface area contributed by atoms with Crippen LogP contribution in [0.25, 0.3) is 0 Å². The second-order valence-corrected chi connectivity index (χ2v) is 4.74. The van der Waals surface area contributed by atoms with Crippen molar-refractivity contribution in [1.82, 2.24) is 0 Å². The summed E-state index contributed by atoms with van der Waals surface area (Å²) in [6.07, 6.45) is 4.20. The predicted molar refractivity (Wildman–Crippen MR) is 57.9 cm³/mol. The zero-order valence-corrected chi connectivity index (χ0v) is 9.04. The van der Waals surface area contributed by atoms with E-state index in [1.165, 1.54) is 18.9 Å². The van der Waals surface area contributed by atoms with Crippen LogP contribution in [-0.4, -0.2) is 5.11 Å². The van der Waals surface area contributed by atoms with Crippen molar-refractivity contribution in [3.05, 3.63) is 35.6 Å². The van der Waals surface area contributed by atoms with Gasteiger partial charge in [0.25, 0.3) is 0 Å². The first-order valence-corrected chi connectivity index (χ1v) is 5.57. The van der Waals surface area contributed by atoms with Gasteiger partial charge in [0, 0.05) is 5.56 Å². The lowest BCUT2D eigenvalue weighted by molar-refractivity contribution is 0.0403. The van der Waals surface area contributed by atoms with Crippen molar-refractivity contribution in [2.75, 3.05) is 0 Å². The van der Waals surface area contributed by atoms with E-state index in [9.17, 15) is 9.50 Å². The summed E-state index contributed by atoms with van der Waals surface area (Å²) in [4.78, 5) is 0. The first-order chi connectivity index (χ1) is 7.09. The van der Waals surface area contributed by atoms with Gasteiger partial charge in [0.15, 0.2) is 0 Å². The molecule has 1 fully saturated rings. The van der Waals surface area contributed by atoms with Crippen molar-refractivity contribution in [3.63, 3.8) is 0 Å². The molecule has 2 heteroatoms. The van der Waals surface area contributed by atoms with Crippen LogP contribution in [0.5, 0.6) is 0 Å². The maximum absolute atomic E-state index is 13.5. The van der Waals surface area contributed by atoms with Crippen LogP contribution < -0.4 is 0 Å². The Morgan fingerprint density at radius 1 is 1.40 bits per heavy atom. The van der Waals surface area contributed by atoms with E-state index >= 15 is 0 Å². The molecule has 0 radical (unpaired) electrons. The highest BCUT2D eigenvalue weighted by Crippen LogP contribution is 2.38. The number of benzene rings is 1. The normalized spacial score (nSPS) is 19.9. The van der Waals surface area contributed by atoms with Gasteiger partial charge in [-0.15, -0.1) is 0 Å². The summed E-state index contributed by atoms with van der Waals surface area (Å²) in [6, 6.07) is 6.49. The lowest BCUT2D eigenvalue weighted by atomic mass is 9.90. The Bertz CT molecular complexity index is 342. The summed E-state index contributed by atoms with van der Waals surface area (Å²) in [6.45, 7) is 1.70. The van der Waals surface area contributed by atoms with Gasteiger partial charge >= 0.3 is 0 Å². The van der Waals surface area contributed by atoms with E-state index in [-0.39, 0.29) is 5.82 Å². The third kappa shape index (κ3) is 2.57. The molecule has 82 valence electrons. The highest BCUT2D eigenvalue weighted by molar-refractivity contribution is 5.23. The van der Waals surface area contributed by atoms with Crippen LogP contribution in [0.1, 0.15) is 38.2 Å². The number of hydrogen-bond donors (Lipinski definition) is 1. The maximum Gasteiger partial charge on any atom is 0.129 e. The van der Waals surface area contributed by atoms with E-state index in [1.807, 2.05) is 0 Å². The van der Waals surface area contributed by atoms with E-state index < -0.39 is 5.60 Å². The van der Waals surface area contributed by atoms with E-state index in [0.29, 0.717) is 12.0 Å². The molecular formula is C13H17FO. The molecule has 0 bridgehead atoms. The van der Waals surface area contributed by atoms with Gasteiger partial charge in [0.2, 0.25) is 0 Å². The third-order valence-corrected chi connectivity index (χ3v) is 3.19. The summed E-state index contributed by atoms with van der Waals surface area (Å²) in [5.74, 6) is 0.460. The van der Waals surface area contributed by atoms with E-state index in [4.69, 9.17) is 0 Å². The van der Waals surface area contributed by atoms with Crippen LogP contribution in [0.2, 0.25) is 0 Å². The van der Waals surface area contributed by atoms with Crippen molar-refractivity contribution >= 4 is 0 Å². The molecule has 1 aromatic rings. The van der Waals surface area contributed by atoms with E-state index in [2.05, 4.69) is 0 Å². The molecule has 1 aliphatic rings. The molecule has 1 nitrogen and oxygen atoms in total. The molecule has 0 saturated heterocycles. The fourth-order valence-electron chi connectivity index (χ4n) is 1.92. The number of halogens is 1. The fraction of sp³-hybridized carbons (Fsp3) is 0.538. The van der Waals surface area contributed by atoms with Gasteiger partial charge in [-0.3, -0.25) is 0 Å². The standard InChI is InChI=1S/C13H17FO/c1-13(15,9-8-10-6-7-10)11-4-2-3-5-12(11)14/h2-5,10,15H,6-9H2,1H3. The van der Waals surface area contributed by atoms with Crippen LogP contribution in [0.4, 0.5) is 4.39 Å². The minimum Gasteiger partial charge on any atom is -0.385 e.